The second kappa shape index (κ2) is 7.68. The molecule has 0 aliphatic heterocycles. The van der Waals surface area contributed by atoms with E-state index in [0.717, 1.165) is 23.3 Å². The molecule has 0 aromatic heterocycles. The van der Waals surface area contributed by atoms with Gasteiger partial charge in [-0.05, 0) is 67.1 Å². The number of nitrogens with two attached hydrogens (primary N) is 1. The van der Waals surface area contributed by atoms with E-state index in [0.29, 0.717) is 5.92 Å². The Morgan fingerprint density at radius 2 is 1.48 bits per heavy atom. The molecule has 2 heteroatoms. The number of nitrogen functional groups attached to an aromatic ring is 1. The SMILES string of the molecule is CC1CCC(CCC2CCC(c3ccc(N)c(F)c3)CC2)CC1. The van der Waals surface area contributed by atoms with Gasteiger partial charge in [-0.3, -0.25) is 0 Å². The van der Waals surface area contributed by atoms with Crippen molar-refractivity contribution in [3.05, 3.63) is 29.6 Å². The molecule has 1 aromatic carbocycles. The van der Waals surface area contributed by atoms with Crippen LogP contribution in [0.15, 0.2) is 18.2 Å². The van der Waals surface area contributed by atoms with Gasteiger partial charge in [0.15, 0.2) is 0 Å². The zero-order chi connectivity index (χ0) is 16.2. The summed E-state index contributed by atoms with van der Waals surface area (Å²) < 4.78 is 13.6. The highest BCUT2D eigenvalue weighted by Gasteiger charge is 2.24. The first kappa shape index (κ1) is 16.8. The summed E-state index contributed by atoms with van der Waals surface area (Å²) in [6, 6.07) is 5.40. The van der Waals surface area contributed by atoms with E-state index in [-0.39, 0.29) is 11.5 Å². The first-order chi connectivity index (χ1) is 11.1. The third kappa shape index (κ3) is 4.49. The number of hydrogen-bond donors (Lipinski definition) is 1. The minimum absolute atomic E-state index is 0.254. The van der Waals surface area contributed by atoms with Gasteiger partial charge in [-0.2, -0.15) is 0 Å². The van der Waals surface area contributed by atoms with Crippen molar-refractivity contribution in [3.8, 4) is 0 Å². The summed E-state index contributed by atoms with van der Waals surface area (Å²) in [5.74, 6) is 3.15. The zero-order valence-electron chi connectivity index (χ0n) is 14.6. The van der Waals surface area contributed by atoms with Crippen LogP contribution < -0.4 is 5.73 Å². The van der Waals surface area contributed by atoms with Crippen LogP contribution in [0.1, 0.15) is 82.6 Å². The lowest BCUT2D eigenvalue weighted by molar-refractivity contribution is 0.237. The number of anilines is 1. The van der Waals surface area contributed by atoms with Gasteiger partial charge in [0.05, 0.1) is 5.69 Å². The van der Waals surface area contributed by atoms with Crippen LogP contribution in [0.2, 0.25) is 0 Å². The van der Waals surface area contributed by atoms with Crippen LogP contribution in [0.3, 0.4) is 0 Å². The van der Waals surface area contributed by atoms with Crippen molar-refractivity contribution < 1.29 is 4.39 Å². The third-order valence-corrected chi connectivity index (χ3v) is 6.46. The van der Waals surface area contributed by atoms with Gasteiger partial charge in [0.25, 0.3) is 0 Å². The molecule has 0 radical (unpaired) electrons. The smallest absolute Gasteiger partial charge is 0.146 e. The minimum Gasteiger partial charge on any atom is -0.396 e. The Kier molecular flexibility index (Phi) is 5.61. The van der Waals surface area contributed by atoms with Gasteiger partial charge in [0, 0.05) is 0 Å². The van der Waals surface area contributed by atoms with Gasteiger partial charge in [0.2, 0.25) is 0 Å². The molecule has 0 bridgehead atoms. The summed E-state index contributed by atoms with van der Waals surface area (Å²) in [6.45, 7) is 2.40. The van der Waals surface area contributed by atoms with Gasteiger partial charge in [-0.15, -0.1) is 0 Å². The molecule has 128 valence electrons. The Hall–Kier alpha value is -1.05. The first-order valence-corrected chi connectivity index (χ1v) is 9.66. The molecule has 1 aromatic rings. The van der Waals surface area contributed by atoms with E-state index in [4.69, 9.17) is 5.73 Å². The van der Waals surface area contributed by atoms with Gasteiger partial charge < -0.3 is 5.73 Å². The van der Waals surface area contributed by atoms with Crippen molar-refractivity contribution in [2.75, 3.05) is 5.73 Å². The average molecular weight is 317 g/mol. The molecule has 0 saturated heterocycles. The van der Waals surface area contributed by atoms with E-state index >= 15 is 0 Å². The Balaban J connectivity index is 1.42. The number of benzene rings is 1. The quantitative estimate of drug-likeness (QED) is 0.649. The maximum absolute atomic E-state index is 13.6. The van der Waals surface area contributed by atoms with E-state index in [1.165, 1.54) is 64.2 Å². The molecule has 2 aliphatic carbocycles. The summed E-state index contributed by atoms with van der Waals surface area (Å²) in [7, 11) is 0. The summed E-state index contributed by atoms with van der Waals surface area (Å²) >= 11 is 0. The van der Waals surface area contributed by atoms with Gasteiger partial charge >= 0.3 is 0 Å². The fourth-order valence-corrected chi connectivity index (χ4v) is 4.67. The molecule has 2 aliphatic rings. The molecule has 0 atom stereocenters. The molecule has 2 N–H and O–H groups in total. The lowest BCUT2D eigenvalue weighted by Gasteiger charge is -2.31. The summed E-state index contributed by atoms with van der Waals surface area (Å²) in [4.78, 5) is 0. The monoisotopic (exact) mass is 317 g/mol. The zero-order valence-corrected chi connectivity index (χ0v) is 14.6. The molecule has 0 spiro atoms. The average Bonchev–Trinajstić information content (AvgIpc) is 2.57. The number of halogens is 1. The molecule has 0 amide bonds. The predicted octanol–water partition coefficient (Wildman–Crippen LogP) is 6.29. The molecule has 2 saturated carbocycles. The highest BCUT2D eigenvalue weighted by atomic mass is 19.1. The normalized spacial score (nSPS) is 31.9. The number of hydrogen-bond acceptors (Lipinski definition) is 1. The summed E-state index contributed by atoms with van der Waals surface area (Å²) in [5.41, 5.74) is 7.00. The van der Waals surface area contributed by atoms with Crippen LogP contribution in [0.4, 0.5) is 10.1 Å². The van der Waals surface area contributed by atoms with Crippen molar-refractivity contribution >= 4 is 5.69 Å². The standard InChI is InChI=1S/C21H32FN/c1-15-2-4-16(5-3-15)6-7-17-8-10-18(11-9-17)19-12-13-21(23)20(22)14-19/h12-18H,2-11,23H2,1H3. The van der Waals surface area contributed by atoms with Crippen molar-refractivity contribution in [2.45, 2.75) is 77.0 Å². The van der Waals surface area contributed by atoms with E-state index in [2.05, 4.69) is 6.92 Å². The first-order valence-electron chi connectivity index (χ1n) is 9.66. The van der Waals surface area contributed by atoms with Gasteiger partial charge in [-0.1, -0.05) is 51.5 Å². The lowest BCUT2D eigenvalue weighted by atomic mass is 9.74. The molecule has 0 unspecified atom stereocenters. The fourth-order valence-electron chi connectivity index (χ4n) is 4.67. The second-order valence-corrected chi connectivity index (χ2v) is 8.20. The maximum Gasteiger partial charge on any atom is 0.146 e. The van der Waals surface area contributed by atoms with Crippen LogP contribution in [-0.2, 0) is 0 Å². The van der Waals surface area contributed by atoms with Crippen molar-refractivity contribution in [2.24, 2.45) is 17.8 Å². The topological polar surface area (TPSA) is 26.0 Å². The Bertz CT molecular complexity index is 497. The molecular weight excluding hydrogens is 285 g/mol. The van der Waals surface area contributed by atoms with Crippen LogP contribution in [0.25, 0.3) is 0 Å². The summed E-state index contributed by atoms with van der Waals surface area (Å²) in [5, 5.41) is 0. The van der Waals surface area contributed by atoms with E-state index in [1.54, 1.807) is 12.1 Å². The minimum atomic E-state index is -0.254. The van der Waals surface area contributed by atoms with Crippen LogP contribution in [0.5, 0.6) is 0 Å². The van der Waals surface area contributed by atoms with Crippen LogP contribution >= 0.6 is 0 Å². The molecule has 2 fully saturated rings. The lowest BCUT2D eigenvalue weighted by Crippen LogP contribution is -2.17. The largest absolute Gasteiger partial charge is 0.396 e. The molecule has 0 heterocycles. The summed E-state index contributed by atoms with van der Waals surface area (Å²) in [6.07, 6.45) is 13.7. The maximum atomic E-state index is 13.6. The van der Waals surface area contributed by atoms with E-state index in [1.807, 2.05) is 6.07 Å². The van der Waals surface area contributed by atoms with Crippen LogP contribution in [0, 0.1) is 23.6 Å². The fraction of sp³-hybridized carbons (Fsp3) is 0.714. The molecule has 1 nitrogen and oxygen atoms in total. The van der Waals surface area contributed by atoms with Crippen molar-refractivity contribution in [1.29, 1.82) is 0 Å². The van der Waals surface area contributed by atoms with Gasteiger partial charge in [0.1, 0.15) is 5.82 Å². The van der Waals surface area contributed by atoms with Gasteiger partial charge in [-0.25, -0.2) is 4.39 Å². The van der Waals surface area contributed by atoms with Crippen LogP contribution in [-0.4, -0.2) is 0 Å². The van der Waals surface area contributed by atoms with E-state index < -0.39 is 0 Å². The van der Waals surface area contributed by atoms with E-state index in [9.17, 15) is 4.39 Å². The Morgan fingerprint density at radius 3 is 2.04 bits per heavy atom. The Labute approximate surface area is 140 Å². The number of rotatable bonds is 4. The third-order valence-electron chi connectivity index (χ3n) is 6.46. The highest BCUT2D eigenvalue weighted by molar-refractivity contribution is 5.42. The molecule has 3 rings (SSSR count). The Morgan fingerprint density at radius 1 is 0.913 bits per heavy atom. The predicted molar refractivity (Wildman–Crippen MR) is 95.9 cm³/mol. The van der Waals surface area contributed by atoms with Crippen molar-refractivity contribution in [3.63, 3.8) is 0 Å². The molecular formula is C21H32FN. The highest BCUT2D eigenvalue weighted by Crippen LogP contribution is 2.40. The van der Waals surface area contributed by atoms with Crippen molar-refractivity contribution in [1.82, 2.24) is 0 Å². The molecule has 23 heavy (non-hydrogen) atoms. The second-order valence-electron chi connectivity index (χ2n) is 8.20.